The highest BCUT2D eigenvalue weighted by Crippen LogP contribution is 2.29. The highest BCUT2D eigenvalue weighted by atomic mass is 16.5. The predicted octanol–water partition coefficient (Wildman–Crippen LogP) is 3.97. The fourth-order valence-corrected chi connectivity index (χ4v) is 3.93. The molecule has 4 aromatic rings. The molecule has 0 aliphatic carbocycles. The summed E-state index contributed by atoms with van der Waals surface area (Å²) < 4.78 is 7.25. The van der Waals surface area contributed by atoms with E-state index in [1.807, 2.05) is 53.6 Å². The highest BCUT2D eigenvalue weighted by molar-refractivity contribution is 5.95. The number of benzene rings is 2. The first-order chi connectivity index (χ1) is 15.6. The summed E-state index contributed by atoms with van der Waals surface area (Å²) in [7, 11) is 1.58. The number of nitrogens with zero attached hydrogens (tertiary/aromatic N) is 4. The van der Waals surface area contributed by atoms with Crippen LogP contribution in [0.2, 0.25) is 0 Å². The number of ether oxygens (including phenoxy) is 1. The summed E-state index contributed by atoms with van der Waals surface area (Å²) in [6.07, 6.45) is 4.04. The number of fused-ring (bicyclic) bond motifs is 1. The van der Waals surface area contributed by atoms with E-state index in [1.54, 1.807) is 23.8 Å². The van der Waals surface area contributed by atoms with Crippen molar-refractivity contribution in [3.8, 4) is 16.9 Å². The number of carbonyl (C=O) groups is 1. The Kier molecular flexibility index (Phi) is 5.10. The van der Waals surface area contributed by atoms with Crippen molar-refractivity contribution in [3.05, 3.63) is 66.4 Å². The molecule has 0 spiro atoms. The van der Waals surface area contributed by atoms with Crippen LogP contribution >= 0.6 is 0 Å². The number of aromatic nitrogens is 3. The zero-order valence-electron chi connectivity index (χ0n) is 17.8. The molecule has 3 heterocycles. The molecule has 0 atom stereocenters. The van der Waals surface area contributed by atoms with Gasteiger partial charge in [-0.15, -0.1) is 5.10 Å². The monoisotopic (exact) mass is 428 g/mol. The fraction of sp³-hybridized carbons (Fsp3) is 0.208. The number of nitrogen functional groups attached to an aromatic ring is 1. The van der Waals surface area contributed by atoms with E-state index in [9.17, 15) is 4.79 Å². The van der Waals surface area contributed by atoms with Gasteiger partial charge in [0.25, 0.3) is 5.91 Å². The number of nitrogens with two attached hydrogens (primary N) is 1. The van der Waals surface area contributed by atoms with Crippen LogP contribution in [-0.2, 0) is 0 Å². The molecule has 32 heavy (non-hydrogen) atoms. The van der Waals surface area contributed by atoms with E-state index in [1.165, 1.54) is 0 Å². The first-order valence-electron chi connectivity index (χ1n) is 10.6. The largest absolute Gasteiger partial charge is 0.495 e. The standard InChI is InChI=1S/C24H24N6O2/c1-32-21-14-17(23(31)29-12-2-3-13-29)6-10-20(21)26-24-27-22-11-7-18(15-30(22)28-24)16-4-8-19(25)9-5-16/h4-11,14-15H,2-3,12-13,25H2,1H3,(H,26,28). The topological polar surface area (TPSA) is 97.8 Å². The van der Waals surface area contributed by atoms with Gasteiger partial charge in [-0.25, -0.2) is 4.52 Å². The molecule has 1 fully saturated rings. The number of likely N-dealkylation sites (tertiary alicyclic amines) is 1. The van der Waals surface area contributed by atoms with E-state index in [0.29, 0.717) is 28.6 Å². The summed E-state index contributed by atoms with van der Waals surface area (Å²) in [6, 6.07) is 17.0. The molecule has 8 heteroatoms. The Morgan fingerprint density at radius 3 is 2.53 bits per heavy atom. The van der Waals surface area contributed by atoms with Crippen molar-refractivity contribution >= 4 is 28.9 Å². The molecule has 0 bridgehead atoms. The lowest BCUT2D eigenvalue weighted by molar-refractivity contribution is 0.0792. The van der Waals surface area contributed by atoms with Gasteiger partial charge in [-0.2, -0.15) is 4.98 Å². The van der Waals surface area contributed by atoms with E-state index in [4.69, 9.17) is 10.5 Å². The average Bonchev–Trinajstić information content (AvgIpc) is 3.48. The van der Waals surface area contributed by atoms with Gasteiger partial charge in [-0.3, -0.25) is 4.79 Å². The number of rotatable bonds is 5. The molecule has 1 aliphatic heterocycles. The number of pyridine rings is 1. The Morgan fingerprint density at radius 2 is 1.78 bits per heavy atom. The second-order valence-corrected chi connectivity index (χ2v) is 7.82. The first-order valence-corrected chi connectivity index (χ1v) is 10.6. The van der Waals surface area contributed by atoms with Gasteiger partial charge in [0.1, 0.15) is 5.75 Å². The number of amides is 1. The highest BCUT2D eigenvalue weighted by Gasteiger charge is 2.20. The van der Waals surface area contributed by atoms with Gasteiger partial charge >= 0.3 is 0 Å². The molecule has 5 rings (SSSR count). The Labute approximate surface area is 185 Å². The molecule has 2 aromatic heterocycles. The third-order valence-electron chi connectivity index (χ3n) is 5.66. The quantitative estimate of drug-likeness (QED) is 0.467. The molecule has 0 unspecified atom stereocenters. The Balaban J connectivity index is 1.39. The number of hydrogen-bond acceptors (Lipinski definition) is 6. The summed E-state index contributed by atoms with van der Waals surface area (Å²) in [4.78, 5) is 19.1. The molecule has 162 valence electrons. The van der Waals surface area contributed by atoms with Gasteiger partial charge in [-0.1, -0.05) is 12.1 Å². The lowest BCUT2D eigenvalue weighted by Gasteiger charge is -2.16. The predicted molar refractivity (Wildman–Crippen MR) is 124 cm³/mol. The molecule has 3 N–H and O–H groups in total. The molecule has 1 amide bonds. The molecule has 0 radical (unpaired) electrons. The van der Waals surface area contributed by atoms with Gasteiger partial charge in [0.05, 0.1) is 12.8 Å². The van der Waals surface area contributed by atoms with Crippen LogP contribution < -0.4 is 15.8 Å². The van der Waals surface area contributed by atoms with Crippen LogP contribution in [0.25, 0.3) is 16.8 Å². The number of carbonyl (C=O) groups excluding carboxylic acids is 1. The van der Waals surface area contributed by atoms with Crippen LogP contribution in [0, 0.1) is 0 Å². The van der Waals surface area contributed by atoms with Gasteiger partial charge in [0.2, 0.25) is 5.95 Å². The van der Waals surface area contributed by atoms with Gasteiger partial charge in [0.15, 0.2) is 5.65 Å². The van der Waals surface area contributed by atoms with E-state index >= 15 is 0 Å². The maximum Gasteiger partial charge on any atom is 0.253 e. The van der Waals surface area contributed by atoms with Crippen LogP contribution in [0.1, 0.15) is 23.2 Å². The normalized spacial score (nSPS) is 13.5. The zero-order valence-corrected chi connectivity index (χ0v) is 17.8. The minimum absolute atomic E-state index is 0.0356. The van der Waals surface area contributed by atoms with Crippen molar-refractivity contribution in [2.45, 2.75) is 12.8 Å². The number of methoxy groups -OCH3 is 1. The summed E-state index contributed by atoms with van der Waals surface area (Å²) >= 11 is 0. The van der Waals surface area contributed by atoms with E-state index in [0.717, 1.165) is 42.7 Å². The van der Waals surface area contributed by atoms with Crippen molar-refractivity contribution in [2.75, 3.05) is 31.2 Å². The summed E-state index contributed by atoms with van der Waals surface area (Å²) in [5, 5.41) is 7.75. The van der Waals surface area contributed by atoms with Crippen molar-refractivity contribution < 1.29 is 9.53 Å². The molecule has 8 nitrogen and oxygen atoms in total. The molecule has 2 aromatic carbocycles. The van der Waals surface area contributed by atoms with E-state index in [2.05, 4.69) is 15.4 Å². The Morgan fingerprint density at radius 1 is 1.03 bits per heavy atom. The number of anilines is 3. The second kappa shape index (κ2) is 8.22. The van der Waals surface area contributed by atoms with E-state index < -0.39 is 0 Å². The average molecular weight is 428 g/mol. The third kappa shape index (κ3) is 3.82. The smallest absolute Gasteiger partial charge is 0.253 e. The summed E-state index contributed by atoms with van der Waals surface area (Å²) in [5.74, 6) is 1.04. The van der Waals surface area contributed by atoms with Crippen molar-refractivity contribution in [3.63, 3.8) is 0 Å². The van der Waals surface area contributed by atoms with E-state index in [-0.39, 0.29) is 5.91 Å². The lowest BCUT2D eigenvalue weighted by Crippen LogP contribution is -2.27. The van der Waals surface area contributed by atoms with Gasteiger partial charge < -0.3 is 20.7 Å². The summed E-state index contributed by atoms with van der Waals surface area (Å²) in [6.45, 7) is 1.62. The Bertz CT molecular complexity index is 1280. The molecule has 1 aliphatic rings. The van der Waals surface area contributed by atoms with Crippen LogP contribution in [0.15, 0.2) is 60.8 Å². The minimum Gasteiger partial charge on any atom is -0.495 e. The number of nitrogens with one attached hydrogen (secondary N) is 1. The first kappa shape index (κ1) is 19.9. The van der Waals surface area contributed by atoms with Gasteiger partial charge in [0, 0.05) is 36.1 Å². The van der Waals surface area contributed by atoms with Crippen molar-refractivity contribution in [2.24, 2.45) is 0 Å². The molecular formula is C24H24N6O2. The SMILES string of the molecule is COc1cc(C(=O)N2CCCC2)ccc1Nc1nc2ccc(-c3ccc(N)cc3)cn2n1. The molecule has 1 saturated heterocycles. The van der Waals surface area contributed by atoms with Crippen LogP contribution in [-0.4, -0.2) is 45.6 Å². The van der Waals surface area contributed by atoms with Crippen LogP contribution in [0.4, 0.5) is 17.3 Å². The van der Waals surface area contributed by atoms with Crippen LogP contribution in [0.5, 0.6) is 5.75 Å². The molecular weight excluding hydrogens is 404 g/mol. The fourth-order valence-electron chi connectivity index (χ4n) is 3.93. The lowest BCUT2D eigenvalue weighted by atomic mass is 10.1. The molecule has 0 saturated carbocycles. The maximum absolute atomic E-state index is 12.7. The van der Waals surface area contributed by atoms with Crippen LogP contribution in [0.3, 0.4) is 0 Å². The Hall–Kier alpha value is -4.07. The van der Waals surface area contributed by atoms with Crippen molar-refractivity contribution in [1.82, 2.24) is 19.5 Å². The van der Waals surface area contributed by atoms with Crippen molar-refractivity contribution in [1.29, 1.82) is 0 Å². The zero-order chi connectivity index (χ0) is 22.1. The minimum atomic E-state index is 0.0356. The number of hydrogen-bond donors (Lipinski definition) is 2. The summed E-state index contributed by atoms with van der Waals surface area (Å²) in [5.41, 5.74) is 10.6. The van der Waals surface area contributed by atoms with Gasteiger partial charge in [-0.05, 0) is 60.9 Å². The third-order valence-corrected chi connectivity index (χ3v) is 5.66. The maximum atomic E-state index is 12.7. The second-order valence-electron chi connectivity index (χ2n) is 7.82.